The molecule has 0 bridgehead atoms. The summed E-state index contributed by atoms with van der Waals surface area (Å²) in [4.78, 5) is 2.32. The molecular formula is C12H27N3O2S. The molecule has 1 aliphatic heterocycles. The number of sulfonamides is 1. The quantitative estimate of drug-likeness (QED) is 0.676. The zero-order valence-electron chi connectivity index (χ0n) is 11.9. The molecule has 0 amide bonds. The van der Waals surface area contributed by atoms with Crippen molar-refractivity contribution in [1.82, 2.24) is 14.5 Å². The molecule has 0 aromatic rings. The Morgan fingerprint density at radius 3 is 2.22 bits per heavy atom. The van der Waals surface area contributed by atoms with E-state index in [4.69, 9.17) is 0 Å². The molecular weight excluding hydrogens is 250 g/mol. The van der Waals surface area contributed by atoms with Gasteiger partial charge in [-0.1, -0.05) is 13.8 Å². The molecule has 0 aliphatic carbocycles. The predicted octanol–water partition coefficient (Wildman–Crippen LogP) is 0.199. The van der Waals surface area contributed by atoms with Gasteiger partial charge < -0.3 is 5.32 Å². The van der Waals surface area contributed by atoms with Crippen molar-refractivity contribution in [1.29, 1.82) is 0 Å². The van der Waals surface area contributed by atoms with E-state index in [0.29, 0.717) is 13.1 Å². The first kappa shape index (κ1) is 15.9. The van der Waals surface area contributed by atoms with Crippen molar-refractivity contribution in [2.45, 2.75) is 20.3 Å². The van der Waals surface area contributed by atoms with Crippen LogP contribution in [0.2, 0.25) is 0 Å². The second-order valence-corrected chi connectivity index (χ2v) is 7.42. The van der Waals surface area contributed by atoms with Crippen LogP contribution in [-0.2, 0) is 10.0 Å². The fourth-order valence-corrected chi connectivity index (χ4v) is 2.86. The summed E-state index contributed by atoms with van der Waals surface area (Å²) in [6, 6.07) is 0. The second kappa shape index (κ2) is 7.43. The molecule has 0 spiro atoms. The van der Waals surface area contributed by atoms with Gasteiger partial charge in [-0.3, -0.25) is 4.90 Å². The third-order valence-electron chi connectivity index (χ3n) is 3.30. The summed E-state index contributed by atoms with van der Waals surface area (Å²) in [5.74, 6) is 0.746. The number of hydrogen-bond donors (Lipinski definition) is 1. The number of nitrogens with one attached hydrogen (secondary N) is 1. The molecule has 0 saturated carbocycles. The van der Waals surface area contributed by atoms with Gasteiger partial charge in [-0.15, -0.1) is 0 Å². The van der Waals surface area contributed by atoms with Crippen LogP contribution in [0.25, 0.3) is 0 Å². The van der Waals surface area contributed by atoms with Crippen LogP contribution in [-0.4, -0.2) is 69.7 Å². The van der Waals surface area contributed by atoms with Gasteiger partial charge >= 0.3 is 0 Å². The fraction of sp³-hybridized carbons (Fsp3) is 1.00. The fourth-order valence-electron chi connectivity index (χ4n) is 2.04. The molecule has 1 rings (SSSR count). The molecule has 1 fully saturated rings. The topological polar surface area (TPSA) is 52.6 Å². The molecule has 1 heterocycles. The van der Waals surface area contributed by atoms with E-state index in [1.54, 1.807) is 4.31 Å². The standard InChI is InChI=1S/C12H27N3O2S/c1-12(2)4-5-13-6-7-14-8-10-15(11-9-14)18(3,16)17/h12-13H,4-11H2,1-3H3. The van der Waals surface area contributed by atoms with Crippen LogP contribution < -0.4 is 5.32 Å². The molecule has 0 aromatic heterocycles. The number of hydrogen-bond acceptors (Lipinski definition) is 4. The van der Waals surface area contributed by atoms with Crippen molar-refractivity contribution < 1.29 is 8.42 Å². The van der Waals surface area contributed by atoms with Crippen LogP contribution in [0.4, 0.5) is 0 Å². The molecule has 0 atom stereocenters. The Morgan fingerprint density at radius 1 is 1.11 bits per heavy atom. The Bertz CT molecular complexity index is 322. The largest absolute Gasteiger partial charge is 0.315 e. The molecule has 0 unspecified atom stereocenters. The maximum Gasteiger partial charge on any atom is 0.211 e. The lowest BCUT2D eigenvalue weighted by atomic mass is 10.1. The maximum atomic E-state index is 11.4. The molecule has 1 N–H and O–H groups in total. The number of rotatable bonds is 7. The molecule has 5 nitrogen and oxygen atoms in total. The first-order valence-corrected chi connectivity index (χ1v) is 8.62. The lowest BCUT2D eigenvalue weighted by Crippen LogP contribution is -2.49. The minimum absolute atomic E-state index is 0.630. The van der Waals surface area contributed by atoms with Crippen molar-refractivity contribution in [3.8, 4) is 0 Å². The van der Waals surface area contributed by atoms with E-state index in [-0.39, 0.29) is 0 Å². The normalized spacial score (nSPS) is 19.6. The highest BCUT2D eigenvalue weighted by molar-refractivity contribution is 7.88. The average Bonchev–Trinajstić information content (AvgIpc) is 2.27. The first-order chi connectivity index (χ1) is 8.39. The minimum Gasteiger partial charge on any atom is -0.315 e. The van der Waals surface area contributed by atoms with Gasteiger partial charge in [0, 0.05) is 39.3 Å². The zero-order chi connectivity index (χ0) is 13.6. The molecule has 18 heavy (non-hydrogen) atoms. The van der Waals surface area contributed by atoms with Gasteiger partial charge in [0.05, 0.1) is 6.26 Å². The van der Waals surface area contributed by atoms with E-state index < -0.39 is 10.0 Å². The Kier molecular flexibility index (Phi) is 6.55. The second-order valence-electron chi connectivity index (χ2n) is 5.44. The van der Waals surface area contributed by atoms with Crippen molar-refractivity contribution in [3.63, 3.8) is 0 Å². The van der Waals surface area contributed by atoms with Gasteiger partial charge in [0.25, 0.3) is 0 Å². The van der Waals surface area contributed by atoms with Crippen LogP contribution in [0.15, 0.2) is 0 Å². The molecule has 108 valence electrons. The molecule has 1 saturated heterocycles. The highest BCUT2D eigenvalue weighted by Gasteiger charge is 2.22. The van der Waals surface area contributed by atoms with Gasteiger partial charge in [0.1, 0.15) is 0 Å². The van der Waals surface area contributed by atoms with E-state index in [1.807, 2.05) is 0 Å². The number of nitrogens with zero attached hydrogens (tertiary/aromatic N) is 2. The Morgan fingerprint density at radius 2 is 1.72 bits per heavy atom. The van der Waals surface area contributed by atoms with Crippen LogP contribution >= 0.6 is 0 Å². The van der Waals surface area contributed by atoms with E-state index in [9.17, 15) is 8.42 Å². The molecule has 0 aromatic carbocycles. The monoisotopic (exact) mass is 277 g/mol. The van der Waals surface area contributed by atoms with Gasteiger partial charge in [0.15, 0.2) is 0 Å². The van der Waals surface area contributed by atoms with Gasteiger partial charge in [0.2, 0.25) is 10.0 Å². The summed E-state index contributed by atoms with van der Waals surface area (Å²) in [6.07, 6.45) is 2.50. The molecule has 1 aliphatic rings. The third kappa shape index (κ3) is 6.13. The van der Waals surface area contributed by atoms with Crippen molar-refractivity contribution in [3.05, 3.63) is 0 Å². The summed E-state index contributed by atoms with van der Waals surface area (Å²) in [6.45, 7) is 10.5. The zero-order valence-corrected chi connectivity index (χ0v) is 12.7. The van der Waals surface area contributed by atoms with E-state index in [0.717, 1.165) is 38.6 Å². The van der Waals surface area contributed by atoms with Crippen LogP contribution in [0.3, 0.4) is 0 Å². The maximum absolute atomic E-state index is 11.4. The van der Waals surface area contributed by atoms with Crippen LogP contribution in [0.1, 0.15) is 20.3 Å². The Hall–Kier alpha value is -0.170. The third-order valence-corrected chi connectivity index (χ3v) is 4.61. The van der Waals surface area contributed by atoms with Crippen molar-refractivity contribution in [2.24, 2.45) is 5.92 Å². The summed E-state index contributed by atoms with van der Waals surface area (Å²) in [5, 5.41) is 3.43. The van der Waals surface area contributed by atoms with Gasteiger partial charge in [-0.2, -0.15) is 4.31 Å². The van der Waals surface area contributed by atoms with E-state index >= 15 is 0 Å². The number of piperazine rings is 1. The molecule has 0 radical (unpaired) electrons. The lowest BCUT2D eigenvalue weighted by Gasteiger charge is -2.33. The van der Waals surface area contributed by atoms with Crippen molar-refractivity contribution in [2.75, 3.05) is 52.1 Å². The lowest BCUT2D eigenvalue weighted by molar-refractivity contribution is 0.189. The van der Waals surface area contributed by atoms with Gasteiger partial charge in [-0.05, 0) is 18.9 Å². The summed E-state index contributed by atoms with van der Waals surface area (Å²) < 4.78 is 24.3. The molecule has 6 heteroatoms. The Balaban J connectivity index is 2.09. The highest BCUT2D eigenvalue weighted by atomic mass is 32.2. The van der Waals surface area contributed by atoms with Gasteiger partial charge in [-0.25, -0.2) is 8.42 Å². The average molecular weight is 277 g/mol. The summed E-state index contributed by atoms with van der Waals surface area (Å²) in [5.41, 5.74) is 0. The van der Waals surface area contributed by atoms with Crippen LogP contribution in [0.5, 0.6) is 0 Å². The first-order valence-electron chi connectivity index (χ1n) is 6.78. The summed E-state index contributed by atoms with van der Waals surface area (Å²) >= 11 is 0. The summed E-state index contributed by atoms with van der Waals surface area (Å²) in [7, 11) is -3.00. The van der Waals surface area contributed by atoms with Crippen molar-refractivity contribution >= 4 is 10.0 Å². The highest BCUT2D eigenvalue weighted by Crippen LogP contribution is 2.05. The smallest absolute Gasteiger partial charge is 0.211 e. The SMILES string of the molecule is CC(C)CCNCCN1CCN(S(C)(=O)=O)CC1. The minimum atomic E-state index is -3.00. The van der Waals surface area contributed by atoms with E-state index in [1.165, 1.54) is 12.7 Å². The van der Waals surface area contributed by atoms with Crippen LogP contribution in [0, 0.1) is 5.92 Å². The van der Waals surface area contributed by atoms with E-state index in [2.05, 4.69) is 24.1 Å². The Labute approximate surface area is 112 Å². The predicted molar refractivity (Wildman–Crippen MR) is 75.2 cm³/mol.